The first-order chi connectivity index (χ1) is 6.21. The van der Waals surface area contributed by atoms with Crippen molar-refractivity contribution in [2.75, 3.05) is 13.1 Å². The lowest BCUT2D eigenvalue weighted by Crippen LogP contribution is -2.28. The normalized spacial score (nSPS) is 27.8. The van der Waals surface area contributed by atoms with Crippen LogP contribution in [0.1, 0.15) is 17.5 Å². The Morgan fingerprint density at radius 1 is 1.31 bits per heavy atom. The van der Waals surface area contributed by atoms with Gasteiger partial charge in [0.05, 0.1) is 0 Å². The highest BCUT2D eigenvalue weighted by Crippen LogP contribution is 2.27. The summed E-state index contributed by atoms with van der Waals surface area (Å²) in [4.78, 5) is 0. The minimum atomic E-state index is -0.631. The van der Waals surface area contributed by atoms with Crippen molar-refractivity contribution in [3.05, 3.63) is 35.4 Å². The van der Waals surface area contributed by atoms with Gasteiger partial charge in [-0.2, -0.15) is 0 Å². The molecule has 0 radical (unpaired) electrons. The fourth-order valence-electron chi connectivity index (χ4n) is 1.79. The topological polar surface area (TPSA) is 32.3 Å². The largest absolute Gasteiger partial charge is 0.384 e. The van der Waals surface area contributed by atoms with Crippen LogP contribution in [0.5, 0.6) is 0 Å². The van der Waals surface area contributed by atoms with E-state index in [9.17, 15) is 5.11 Å². The minimum Gasteiger partial charge on any atom is -0.384 e. The zero-order chi connectivity index (χ0) is 9.31. The van der Waals surface area contributed by atoms with E-state index in [4.69, 9.17) is 0 Å². The third kappa shape index (κ3) is 1.60. The fourth-order valence-corrected chi connectivity index (χ4v) is 1.79. The third-order valence-electron chi connectivity index (χ3n) is 2.72. The lowest BCUT2D eigenvalue weighted by molar-refractivity contribution is 0.0587. The molecule has 2 rings (SSSR count). The molecule has 0 saturated carbocycles. The van der Waals surface area contributed by atoms with Crippen LogP contribution >= 0.6 is 0 Å². The second-order valence-corrected chi connectivity index (χ2v) is 3.82. The molecule has 2 nitrogen and oxygen atoms in total. The van der Waals surface area contributed by atoms with Crippen molar-refractivity contribution in [3.8, 4) is 0 Å². The van der Waals surface area contributed by atoms with Crippen LogP contribution < -0.4 is 5.32 Å². The number of aryl methyl sites for hydroxylation is 1. The standard InChI is InChI=1S/C11H15NO/c1-9-2-4-10(5-3-9)11(13)6-7-12-8-11/h2-5,12-13H,6-8H2,1H3. The zero-order valence-corrected chi connectivity index (χ0v) is 7.88. The molecule has 13 heavy (non-hydrogen) atoms. The van der Waals surface area contributed by atoms with Crippen molar-refractivity contribution in [1.29, 1.82) is 0 Å². The van der Waals surface area contributed by atoms with Crippen LogP contribution in [0.25, 0.3) is 0 Å². The summed E-state index contributed by atoms with van der Waals surface area (Å²) in [6, 6.07) is 8.13. The summed E-state index contributed by atoms with van der Waals surface area (Å²) >= 11 is 0. The van der Waals surface area contributed by atoms with Crippen molar-refractivity contribution < 1.29 is 5.11 Å². The zero-order valence-electron chi connectivity index (χ0n) is 7.88. The van der Waals surface area contributed by atoms with E-state index in [0.29, 0.717) is 6.54 Å². The molecule has 1 heterocycles. The van der Waals surface area contributed by atoms with E-state index in [0.717, 1.165) is 18.5 Å². The van der Waals surface area contributed by atoms with Crippen molar-refractivity contribution >= 4 is 0 Å². The highest BCUT2D eigenvalue weighted by molar-refractivity contribution is 5.27. The van der Waals surface area contributed by atoms with Gasteiger partial charge in [-0.05, 0) is 25.5 Å². The summed E-state index contributed by atoms with van der Waals surface area (Å²) in [6.45, 7) is 3.64. The summed E-state index contributed by atoms with van der Waals surface area (Å²) in [7, 11) is 0. The van der Waals surface area contributed by atoms with Crippen LogP contribution in [0.15, 0.2) is 24.3 Å². The van der Waals surface area contributed by atoms with Crippen molar-refractivity contribution in [2.24, 2.45) is 0 Å². The Kier molecular flexibility index (Phi) is 2.10. The molecule has 1 unspecified atom stereocenters. The first-order valence-corrected chi connectivity index (χ1v) is 4.71. The Morgan fingerprint density at radius 3 is 2.54 bits per heavy atom. The molecule has 1 aromatic carbocycles. The number of β-amino-alcohol motifs (C(OH)–C–C–N with tert-alkyl or cyclic N) is 1. The molecule has 1 aromatic rings. The molecule has 1 atom stereocenters. The lowest BCUT2D eigenvalue weighted by atomic mass is 9.92. The van der Waals surface area contributed by atoms with Crippen LogP contribution in [0.4, 0.5) is 0 Å². The third-order valence-corrected chi connectivity index (χ3v) is 2.72. The SMILES string of the molecule is Cc1ccc(C2(O)CCNC2)cc1. The maximum absolute atomic E-state index is 10.2. The molecular weight excluding hydrogens is 162 g/mol. The van der Waals surface area contributed by atoms with Gasteiger partial charge in [-0.25, -0.2) is 0 Å². The van der Waals surface area contributed by atoms with E-state index >= 15 is 0 Å². The number of hydrogen-bond donors (Lipinski definition) is 2. The Balaban J connectivity index is 2.29. The molecular formula is C11H15NO. The lowest BCUT2D eigenvalue weighted by Gasteiger charge is -2.21. The highest BCUT2D eigenvalue weighted by Gasteiger charge is 2.32. The van der Waals surface area contributed by atoms with Gasteiger partial charge in [0, 0.05) is 6.54 Å². The van der Waals surface area contributed by atoms with Crippen molar-refractivity contribution in [2.45, 2.75) is 18.9 Å². The van der Waals surface area contributed by atoms with Crippen LogP contribution in [0, 0.1) is 6.92 Å². The quantitative estimate of drug-likeness (QED) is 0.675. The predicted molar refractivity (Wildman–Crippen MR) is 52.6 cm³/mol. The molecule has 2 heteroatoms. The number of benzene rings is 1. The predicted octanol–water partition coefficient (Wildman–Crippen LogP) is 1.18. The Hall–Kier alpha value is -0.860. The smallest absolute Gasteiger partial charge is 0.103 e. The molecule has 0 aromatic heterocycles. The fraction of sp³-hybridized carbons (Fsp3) is 0.455. The Bertz CT molecular complexity index is 285. The maximum Gasteiger partial charge on any atom is 0.103 e. The molecule has 1 fully saturated rings. The van der Waals surface area contributed by atoms with Gasteiger partial charge in [0.2, 0.25) is 0 Å². The Morgan fingerprint density at radius 2 is 2.00 bits per heavy atom. The summed E-state index contributed by atoms with van der Waals surface area (Å²) in [6.07, 6.45) is 0.816. The van der Waals surface area contributed by atoms with Gasteiger partial charge >= 0.3 is 0 Å². The average molecular weight is 177 g/mol. The van der Waals surface area contributed by atoms with Crippen LogP contribution in [0.2, 0.25) is 0 Å². The second kappa shape index (κ2) is 3.13. The number of nitrogens with one attached hydrogen (secondary N) is 1. The molecule has 1 aliphatic rings. The van der Waals surface area contributed by atoms with Crippen LogP contribution in [0.3, 0.4) is 0 Å². The van der Waals surface area contributed by atoms with Crippen molar-refractivity contribution in [1.82, 2.24) is 5.32 Å². The Labute approximate surface area is 78.6 Å². The van der Waals surface area contributed by atoms with Crippen molar-refractivity contribution in [3.63, 3.8) is 0 Å². The van der Waals surface area contributed by atoms with Gasteiger partial charge in [0.1, 0.15) is 5.60 Å². The molecule has 0 amide bonds. The summed E-state index contributed by atoms with van der Waals surface area (Å²) in [5, 5.41) is 13.4. The average Bonchev–Trinajstić information content (AvgIpc) is 2.54. The first kappa shape index (κ1) is 8.73. The van der Waals surface area contributed by atoms with Crippen LogP contribution in [-0.4, -0.2) is 18.2 Å². The van der Waals surface area contributed by atoms with Gasteiger partial charge in [0.15, 0.2) is 0 Å². The molecule has 0 bridgehead atoms. The molecule has 1 aliphatic heterocycles. The monoisotopic (exact) mass is 177 g/mol. The maximum atomic E-state index is 10.2. The van der Waals surface area contributed by atoms with Crippen LogP contribution in [-0.2, 0) is 5.60 Å². The second-order valence-electron chi connectivity index (χ2n) is 3.82. The molecule has 1 saturated heterocycles. The number of hydrogen-bond acceptors (Lipinski definition) is 2. The number of aliphatic hydroxyl groups is 1. The van der Waals surface area contributed by atoms with Gasteiger partial charge in [-0.3, -0.25) is 0 Å². The van der Waals surface area contributed by atoms with Gasteiger partial charge in [-0.15, -0.1) is 0 Å². The highest BCUT2D eigenvalue weighted by atomic mass is 16.3. The van der Waals surface area contributed by atoms with E-state index < -0.39 is 5.60 Å². The van der Waals surface area contributed by atoms with Gasteiger partial charge < -0.3 is 10.4 Å². The first-order valence-electron chi connectivity index (χ1n) is 4.71. The summed E-state index contributed by atoms with van der Waals surface area (Å²) in [5.74, 6) is 0. The number of rotatable bonds is 1. The van der Waals surface area contributed by atoms with Gasteiger partial charge in [0.25, 0.3) is 0 Å². The summed E-state index contributed by atoms with van der Waals surface area (Å²) in [5.41, 5.74) is 1.63. The molecule has 70 valence electrons. The van der Waals surface area contributed by atoms with Gasteiger partial charge in [-0.1, -0.05) is 29.8 Å². The van der Waals surface area contributed by atoms with E-state index in [2.05, 4.69) is 12.2 Å². The van der Waals surface area contributed by atoms with E-state index in [1.807, 2.05) is 24.3 Å². The summed E-state index contributed by atoms with van der Waals surface area (Å²) < 4.78 is 0. The van der Waals surface area contributed by atoms with E-state index in [1.165, 1.54) is 5.56 Å². The molecule has 0 spiro atoms. The molecule has 2 N–H and O–H groups in total. The van der Waals surface area contributed by atoms with E-state index in [1.54, 1.807) is 0 Å². The minimum absolute atomic E-state index is 0.631. The van der Waals surface area contributed by atoms with E-state index in [-0.39, 0.29) is 0 Å². The molecule has 0 aliphatic carbocycles.